The summed E-state index contributed by atoms with van der Waals surface area (Å²) in [5.74, 6) is 0.139. The van der Waals surface area contributed by atoms with Gasteiger partial charge in [0.1, 0.15) is 0 Å². The maximum absolute atomic E-state index is 12.2. The number of hydrogen-bond donors (Lipinski definition) is 1. The Balaban J connectivity index is 1.73. The van der Waals surface area contributed by atoms with Crippen LogP contribution in [0.15, 0.2) is 54.6 Å². The SMILES string of the molecule is COC(=O)CCCC=CCN1C(=O)CC[C@@H]1C=C[C@@H](O)[C@@H](C)CCCc1ccccc1. The van der Waals surface area contributed by atoms with Gasteiger partial charge >= 0.3 is 5.97 Å². The summed E-state index contributed by atoms with van der Waals surface area (Å²) in [6.07, 6.45) is 13.7. The molecule has 1 saturated heterocycles. The number of rotatable bonds is 13. The third-order valence-electron chi connectivity index (χ3n) is 5.90. The maximum Gasteiger partial charge on any atom is 0.305 e. The zero-order valence-corrected chi connectivity index (χ0v) is 18.9. The summed E-state index contributed by atoms with van der Waals surface area (Å²) in [5.41, 5.74) is 1.33. The molecule has 1 fully saturated rings. The Morgan fingerprint density at radius 3 is 2.77 bits per heavy atom. The maximum atomic E-state index is 12.2. The number of amides is 1. The number of unbranched alkanes of at least 4 members (excludes halogenated alkanes) is 1. The number of carbonyl (C=O) groups is 2. The van der Waals surface area contributed by atoms with E-state index in [1.165, 1.54) is 12.7 Å². The first kappa shape index (κ1) is 24.9. The molecule has 1 aliphatic heterocycles. The van der Waals surface area contributed by atoms with Gasteiger partial charge in [0.05, 0.1) is 19.3 Å². The molecule has 3 atom stereocenters. The molecule has 0 bridgehead atoms. The van der Waals surface area contributed by atoms with Crippen molar-refractivity contribution in [1.82, 2.24) is 4.90 Å². The second-order valence-electron chi connectivity index (χ2n) is 8.32. The van der Waals surface area contributed by atoms with Crippen LogP contribution in [0.2, 0.25) is 0 Å². The van der Waals surface area contributed by atoms with Crippen LogP contribution in [0, 0.1) is 5.92 Å². The lowest BCUT2D eigenvalue weighted by atomic mass is 9.95. The van der Waals surface area contributed by atoms with Crippen LogP contribution in [0.5, 0.6) is 0 Å². The molecule has 0 unspecified atom stereocenters. The molecular formula is C26H37NO4. The minimum absolute atomic E-state index is 0.0402. The second kappa shape index (κ2) is 13.8. The van der Waals surface area contributed by atoms with Crippen LogP contribution in [0.3, 0.4) is 0 Å². The van der Waals surface area contributed by atoms with Gasteiger partial charge in [-0.15, -0.1) is 0 Å². The number of allylic oxidation sites excluding steroid dienone is 1. The molecule has 0 spiro atoms. The van der Waals surface area contributed by atoms with Gasteiger partial charge in [0.15, 0.2) is 0 Å². The molecule has 5 heteroatoms. The number of nitrogens with zero attached hydrogens (tertiary/aromatic N) is 1. The molecule has 0 saturated carbocycles. The third-order valence-corrected chi connectivity index (χ3v) is 5.90. The first-order valence-electron chi connectivity index (χ1n) is 11.4. The van der Waals surface area contributed by atoms with E-state index in [2.05, 4.69) is 35.9 Å². The highest BCUT2D eigenvalue weighted by atomic mass is 16.5. The molecule has 170 valence electrons. The van der Waals surface area contributed by atoms with Gasteiger partial charge in [-0.3, -0.25) is 9.59 Å². The van der Waals surface area contributed by atoms with E-state index >= 15 is 0 Å². The van der Waals surface area contributed by atoms with Crippen LogP contribution in [-0.2, 0) is 20.7 Å². The lowest BCUT2D eigenvalue weighted by Crippen LogP contribution is -2.32. The van der Waals surface area contributed by atoms with Gasteiger partial charge < -0.3 is 14.7 Å². The van der Waals surface area contributed by atoms with Crippen molar-refractivity contribution in [2.24, 2.45) is 5.92 Å². The van der Waals surface area contributed by atoms with E-state index in [1.54, 1.807) is 0 Å². The Morgan fingerprint density at radius 1 is 1.26 bits per heavy atom. The van der Waals surface area contributed by atoms with Crippen molar-refractivity contribution in [2.45, 2.75) is 70.4 Å². The number of aliphatic hydroxyl groups is 1. The number of carbonyl (C=O) groups excluding carboxylic acids is 2. The third kappa shape index (κ3) is 9.09. The Hall–Kier alpha value is -2.40. The summed E-state index contributed by atoms with van der Waals surface area (Å²) in [7, 11) is 1.40. The van der Waals surface area contributed by atoms with Crippen LogP contribution in [0.25, 0.3) is 0 Å². The van der Waals surface area contributed by atoms with Gasteiger partial charge in [-0.25, -0.2) is 0 Å². The Labute approximate surface area is 186 Å². The van der Waals surface area contributed by atoms with Crippen molar-refractivity contribution < 1.29 is 19.4 Å². The first-order valence-corrected chi connectivity index (χ1v) is 11.4. The van der Waals surface area contributed by atoms with Crippen molar-refractivity contribution in [3.63, 3.8) is 0 Å². The Kier molecular flexibility index (Phi) is 11.1. The average Bonchev–Trinajstić information content (AvgIpc) is 3.14. The Morgan fingerprint density at radius 2 is 2.03 bits per heavy atom. The predicted octanol–water partition coefficient (Wildman–Crippen LogP) is 4.45. The molecule has 5 nitrogen and oxygen atoms in total. The highest BCUT2D eigenvalue weighted by Crippen LogP contribution is 2.21. The van der Waals surface area contributed by atoms with Gasteiger partial charge in [-0.05, 0) is 50.0 Å². The lowest BCUT2D eigenvalue weighted by molar-refractivity contribution is -0.140. The van der Waals surface area contributed by atoms with E-state index in [0.717, 1.165) is 38.5 Å². The number of likely N-dealkylation sites (tertiary alicyclic amines) is 1. The summed E-state index contributed by atoms with van der Waals surface area (Å²) >= 11 is 0. The standard InChI is InChI=1S/C26H37NO4/c1-21(11-10-14-22-12-6-5-7-13-22)24(28)18-16-23-17-19-25(29)27(23)20-9-4-3-8-15-26(30)31-2/h4-7,9,12-13,16,18,21,23-24,28H,3,8,10-11,14-15,17,19-20H2,1-2H3/t21-,23-,24+/m0/s1. The van der Waals surface area contributed by atoms with E-state index in [4.69, 9.17) is 0 Å². The molecule has 2 rings (SSSR count). The summed E-state index contributed by atoms with van der Waals surface area (Å²) < 4.78 is 4.63. The highest BCUT2D eigenvalue weighted by molar-refractivity contribution is 5.79. The highest BCUT2D eigenvalue weighted by Gasteiger charge is 2.28. The number of methoxy groups -OCH3 is 1. The molecule has 1 N–H and O–H groups in total. The number of esters is 1. The van der Waals surface area contributed by atoms with Crippen molar-refractivity contribution >= 4 is 11.9 Å². The predicted molar refractivity (Wildman–Crippen MR) is 123 cm³/mol. The van der Waals surface area contributed by atoms with Crippen LogP contribution in [0.4, 0.5) is 0 Å². The number of hydrogen-bond acceptors (Lipinski definition) is 4. The van der Waals surface area contributed by atoms with Crippen LogP contribution < -0.4 is 0 Å². The monoisotopic (exact) mass is 427 g/mol. The normalized spacial score (nSPS) is 18.7. The molecule has 0 radical (unpaired) electrons. The molecule has 1 amide bonds. The van der Waals surface area contributed by atoms with Crippen LogP contribution in [0.1, 0.15) is 57.4 Å². The minimum Gasteiger partial charge on any atom is -0.469 e. The molecular weight excluding hydrogens is 390 g/mol. The summed E-state index contributed by atoms with van der Waals surface area (Å²) in [4.78, 5) is 25.2. The van der Waals surface area contributed by atoms with Crippen LogP contribution in [-0.4, -0.2) is 47.7 Å². The fraction of sp³-hybridized carbons (Fsp3) is 0.538. The summed E-state index contributed by atoms with van der Waals surface area (Å²) in [6, 6.07) is 10.5. The molecule has 31 heavy (non-hydrogen) atoms. The summed E-state index contributed by atoms with van der Waals surface area (Å²) in [6.45, 7) is 2.64. The van der Waals surface area contributed by atoms with Gasteiger partial charge in [0, 0.05) is 19.4 Å². The number of aryl methyl sites for hydroxylation is 1. The fourth-order valence-electron chi connectivity index (χ4n) is 3.84. The lowest BCUT2D eigenvalue weighted by Gasteiger charge is -2.22. The van der Waals surface area contributed by atoms with Crippen molar-refractivity contribution in [2.75, 3.05) is 13.7 Å². The first-order chi connectivity index (χ1) is 15.0. The van der Waals surface area contributed by atoms with Gasteiger partial charge in [-0.2, -0.15) is 0 Å². The number of ether oxygens (including phenoxy) is 1. The van der Waals surface area contributed by atoms with Crippen molar-refractivity contribution in [1.29, 1.82) is 0 Å². The zero-order chi connectivity index (χ0) is 22.5. The largest absolute Gasteiger partial charge is 0.469 e. The van der Waals surface area contributed by atoms with Gasteiger partial charge in [0.25, 0.3) is 0 Å². The van der Waals surface area contributed by atoms with E-state index in [-0.39, 0.29) is 23.8 Å². The van der Waals surface area contributed by atoms with E-state index in [1.807, 2.05) is 35.3 Å². The second-order valence-corrected chi connectivity index (χ2v) is 8.32. The van der Waals surface area contributed by atoms with Crippen molar-refractivity contribution in [3.8, 4) is 0 Å². The van der Waals surface area contributed by atoms with Gasteiger partial charge in [0.2, 0.25) is 5.91 Å². The molecule has 1 heterocycles. The van der Waals surface area contributed by atoms with E-state index in [0.29, 0.717) is 19.4 Å². The van der Waals surface area contributed by atoms with E-state index in [9.17, 15) is 14.7 Å². The molecule has 1 aliphatic rings. The molecule has 0 aromatic heterocycles. The quantitative estimate of drug-likeness (QED) is 0.287. The smallest absolute Gasteiger partial charge is 0.305 e. The average molecular weight is 428 g/mol. The number of aliphatic hydroxyl groups excluding tert-OH is 1. The zero-order valence-electron chi connectivity index (χ0n) is 18.9. The van der Waals surface area contributed by atoms with Gasteiger partial charge in [-0.1, -0.05) is 61.6 Å². The van der Waals surface area contributed by atoms with Crippen LogP contribution >= 0.6 is 0 Å². The molecule has 1 aromatic rings. The number of benzene rings is 1. The molecule has 1 aromatic carbocycles. The topological polar surface area (TPSA) is 66.8 Å². The summed E-state index contributed by atoms with van der Waals surface area (Å²) in [5, 5.41) is 10.5. The Bertz CT molecular complexity index is 728. The molecule has 0 aliphatic carbocycles. The van der Waals surface area contributed by atoms with E-state index < -0.39 is 6.10 Å². The minimum atomic E-state index is -0.498. The fourth-order valence-corrected chi connectivity index (χ4v) is 3.84. The van der Waals surface area contributed by atoms with Crippen molar-refractivity contribution in [3.05, 3.63) is 60.2 Å².